The van der Waals surface area contributed by atoms with Crippen LogP contribution in [-0.2, 0) is 5.88 Å². The van der Waals surface area contributed by atoms with E-state index in [1.807, 2.05) is 0 Å². The van der Waals surface area contributed by atoms with Gasteiger partial charge in [0.05, 0.1) is 5.56 Å². The molecule has 0 aliphatic heterocycles. The van der Waals surface area contributed by atoms with Crippen molar-refractivity contribution >= 4 is 23.2 Å². The van der Waals surface area contributed by atoms with Crippen molar-refractivity contribution in [2.24, 2.45) is 0 Å². The molecule has 0 aromatic heterocycles. The maximum atomic E-state index is 13.6. The number of nitrogens with one attached hydrogen (secondary N) is 1. The topological polar surface area (TPSA) is 49.3 Å². The van der Waals surface area contributed by atoms with E-state index < -0.39 is 34.7 Å². The lowest BCUT2D eigenvalue weighted by atomic mass is 10.1. The van der Waals surface area contributed by atoms with E-state index in [1.54, 1.807) is 18.2 Å². The molecule has 0 heterocycles. The normalized spacial score (nSPS) is 10.5. The first kappa shape index (κ1) is 15.2. The van der Waals surface area contributed by atoms with Crippen molar-refractivity contribution in [2.75, 3.05) is 5.32 Å². The third-order valence-corrected chi connectivity index (χ3v) is 3.03. The average molecular weight is 316 g/mol. The minimum atomic E-state index is -1.74. The summed E-state index contributed by atoms with van der Waals surface area (Å²) in [7, 11) is 0. The Morgan fingerprint density at radius 2 is 1.90 bits per heavy atom. The molecule has 2 aromatic carbocycles. The summed E-state index contributed by atoms with van der Waals surface area (Å²) >= 11 is 5.64. The number of aromatic hydroxyl groups is 1. The van der Waals surface area contributed by atoms with E-state index in [1.165, 1.54) is 6.07 Å². The third-order valence-electron chi connectivity index (χ3n) is 2.72. The second kappa shape index (κ2) is 6.05. The van der Waals surface area contributed by atoms with Gasteiger partial charge in [0.1, 0.15) is 0 Å². The second-order valence-corrected chi connectivity index (χ2v) is 4.44. The first-order chi connectivity index (χ1) is 9.93. The molecule has 0 saturated carbocycles. The predicted octanol–water partition coefficient (Wildman–Crippen LogP) is 3.80. The maximum absolute atomic E-state index is 13.6. The molecule has 2 N–H and O–H groups in total. The van der Waals surface area contributed by atoms with Gasteiger partial charge in [0.15, 0.2) is 17.4 Å². The van der Waals surface area contributed by atoms with Gasteiger partial charge >= 0.3 is 0 Å². The van der Waals surface area contributed by atoms with Gasteiger partial charge in [0, 0.05) is 11.6 Å². The van der Waals surface area contributed by atoms with Crippen LogP contribution in [0.4, 0.5) is 18.9 Å². The Balaban J connectivity index is 2.32. The Morgan fingerprint density at radius 1 is 1.19 bits per heavy atom. The molecule has 0 saturated heterocycles. The first-order valence-electron chi connectivity index (χ1n) is 5.76. The minimum absolute atomic E-state index is 0.212. The van der Waals surface area contributed by atoms with Crippen LogP contribution in [0.2, 0.25) is 0 Å². The van der Waals surface area contributed by atoms with Crippen LogP contribution in [0.15, 0.2) is 30.3 Å². The Morgan fingerprint density at radius 3 is 2.57 bits per heavy atom. The van der Waals surface area contributed by atoms with Gasteiger partial charge in [0.25, 0.3) is 5.91 Å². The average Bonchev–Trinajstić information content (AvgIpc) is 2.48. The number of hydrogen-bond acceptors (Lipinski definition) is 2. The first-order valence-corrected chi connectivity index (χ1v) is 6.30. The number of phenolic OH excluding ortho intramolecular Hbond substituents is 1. The summed E-state index contributed by atoms with van der Waals surface area (Å²) in [5.74, 6) is -7.13. The SMILES string of the molecule is O=C(Nc1cccc(CCl)c1)c1cc(F)c(F)c(O)c1F. The molecule has 110 valence electrons. The van der Waals surface area contributed by atoms with Gasteiger partial charge in [-0.2, -0.15) is 4.39 Å². The molecule has 1 amide bonds. The predicted molar refractivity (Wildman–Crippen MR) is 71.9 cm³/mol. The molecule has 0 spiro atoms. The monoisotopic (exact) mass is 315 g/mol. The highest BCUT2D eigenvalue weighted by atomic mass is 35.5. The van der Waals surface area contributed by atoms with Gasteiger partial charge in [0.2, 0.25) is 5.82 Å². The fraction of sp³-hybridized carbons (Fsp3) is 0.0714. The third kappa shape index (κ3) is 3.11. The van der Waals surface area contributed by atoms with Crippen molar-refractivity contribution in [1.82, 2.24) is 0 Å². The molecule has 0 bridgehead atoms. The van der Waals surface area contributed by atoms with E-state index in [-0.39, 0.29) is 5.88 Å². The summed E-state index contributed by atoms with van der Waals surface area (Å²) in [5, 5.41) is 11.4. The Hall–Kier alpha value is -2.21. The molecule has 21 heavy (non-hydrogen) atoms. The summed E-state index contributed by atoms with van der Waals surface area (Å²) < 4.78 is 39.7. The maximum Gasteiger partial charge on any atom is 0.258 e. The van der Waals surface area contributed by atoms with Gasteiger partial charge in [-0.3, -0.25) is 4.79 Å². The minimum Gasteiger partial charge on any atom is -0.503 e. The lowest BCUT2D eigenvalue weighted by Gasteiger charge is -2.09. The molecule has 2 aromatic rings. The standard InChI is InChI=1S/C14H9ClF3NO2/c15-6-7-2-1-3-8(4-7)19-14(21)9-5-10(16)12(18)13(20)11(9)17/h1-5,20H,6H2,(H,19,21). The number of carbonyl (C=O) groups is 1. The van der Waals surface area contributed by atoms with Gasteiger partial charge in [-0.1, -0.05) is 12.1 Å². The van der Waals surface area contributed by atoms with Crippen LogP contribution in [0.5, 0.6) is 5.75 Å². The van der Waals surface area contributed by atoms with Gasteiger partial charge < -0.3 is 10.4 Å². The zero-order chi connectivity index (χ0) is 15.6. The van der Waals surface area contributed by atoms with E-state index >= 15 is 0 Å². The fourth-order valence-corrected chi connectivity index (χ4v) is 1.85. The summed E-state index contributed by atoms with van der Waals surface area (Å²) in [6.07, 6.45) is 0. The van der Waals surface area contributed by atoms with Crippen molar-refractivity contribution in [1.29, 1.82) is 0 Å². The molecule has 0 aliphatic rings. The lowest BCUT2D eigenvalue weighted by molar-refractivity contribution is 0.102. The number of carbonyl (C=O) groups excluding carboxylic acids is 1. The highest BCUT2D eigenvalue weighted by Crippen LogP contribution is 2.26. The zero-order valence-electron chi connectivity index (χ0n) is 10.5. The fourth-order valence-electron chi connectivity index (χ4n) is 1.69. The Kier molecular flexibility index (Phi) is 4.37. The van der Waals surface area contributed by atoms with Crippen molar-refractivity contribution in [3.05, 3.63) is 58.9 Å². The van der Waals surface area contributed by atoms with E-state index in [9.17, 15) is 18.0 Å². The van der Waals surface area contributed by atoms with E-state index in [2.05, 4.69) is 5.32 Å². The Labute approximate surface area is 123 Å². The van der Waals surface area contributed by atoms with Crippen molar-refractivity contribution < 1.29 is 23.1 Å². The number of anilines is 1. The molecule has 0 fully saturated rings. The van der Waals surface area contributed by atoms with Crippen molar-refractivity contribution in [3.63, 3.8) is 0 Å². The van der Waals surface area contributed by atoms with Gasteiger partial charge in [-0.25, -0.2) is 8.78 Å². The summed E-state index contributed by atoms with van der Waals surface area (Å²) in [6.45, 7) is 0. The summed E-state index contributed by atoms with van der Waals surface area (Å²) in [4.78, 5) is 11.9. The molecular formula is C14H9ClF3NO2. The number of halogens is 4. The molecule has 3 nitrogen and oxygen atoms in total. The largest absolute Gasteiger partial charge is 0.503 e. The van der Waals surface area contributed by atoms with Gasteiger partial charge in [-0.05, 0) is 23.8 Å². The van der Waals surface area contributed by atoms with E-state index in [4.69, 9.17) is 16.7 Å². The van der Waals surface area contributed by atoms with Crippen LogP contribution >= 0.6 is 11.6 Å². The molecule has 0 aliphatic carbocycles. The van der Waals surface area contributed by atoms with Crippen molar-refractivity contribution in [2.45, 2.75) is 5.88 Å². The molecule has 0 radical (unpaired) electrons. The number of alkyl halides is 1. The summed E-state index contributed by atoms with van der Waals surface area (Å²) in [5.41, 5.74) is 0.215. The summed E-state index contributed by atoms with van der Waals surface area (Å²) in [6, 6.07) is 6.78. The van der Waals surface area contributed by atoms with Crippen LogP contribution in [0, 0.1) is 17.5 Å². The molecule has 2 rings (SSSR count). The number of phenols is 1. The molecule has 0 unspecified atom stereocenters. The number of rotatable bonds is 3. The lowest BCUT2D eigenvalue weighted by Crippen LogP contribution is -2.15. The molecular weight excluding hydrogens is 307 g/mol. The van der Waals surface area contributed by atoms with E-state index in [0.717, 1.165) is 0 Å². The Bertz CT molecular complexity index is 707. The number of benzene rings is 2. The van der Waals surface area contributed by atoms with E-state index in [0.29, 0.717) is 17.3 Å². The van der Waals surface area contributed by atoms with Crippen LogP contribution in [-0.4, -0.2) is 11.0 Å². The van der Waals surface area contributed by atoms with Gasteiger partial charge in [-0.15, -0.1) is 11.6 Å². The molecule has 0 atom stereocenters. The van der Waals surface area contributed by atoms with Crippen LogP contribution in [0.3, 0.4) is 0 Å². The zero-order valence-corrected chi connectivity index (χ0v) is 11.2. The second-order valence-electron chi connectivity index (χ2n) is 4.17. The number of amides is 1. The van der Waals surface area contributed by atoms with Crippen LogP contribution < -0.4 is 5.32 Å². The van der Waals surface area contributed by atoms with Crippen LogP contribution in [0.25, 0.3) is 0 Å². The van der Waals surface area contributed by atoms with Crippen molar-refractivity contribution in [3.8, 4) is 5.75 Å². The number of hydrogen-bond donors (Lipinski definition) is 2. The quantitative estimate of drug-likeness (QED) is 0.668. The highest BCUT2D eigenvalue weighted by molar-refractivity contribution is 6.17. The van der Waals surface area contributed by atoms with Crippen LogP contribution in [0.1, 0.15) is 15.9 Å². The molecule has 7 heteroatoms. The smallest absolute Gasteiger partial charge is 0.258 e. The highest BCUT2D eigenvalue weighted by Gasteiger charge is 2.22.